The van der Waals surface area contributed by atoms with E-state index in [1.165, 1.54) is 0 Å². The number of carbonyl (C=O) groups excluding carboxylic acids is 2. The van der Waals surface area contributed by atoms with E-state index in [1.807, 2.05) is 31.7 Å². The third kappa shape index (κ3) is 5.65. The molecule has 0 radical (unpaired) electrons. The van der Waals surface area contributed by atoms with E-state index in [0.29, 0.717) is 31.4 Å². The molecule has 1 aromatic rings. The largest absolute Gasteiger partial charge is 0.444 e. The van der Waals surface area contributed by atoms with Gasteiger partial charge in [0.05, 0.1) is 6.54 Å². The SMILES string of the molecule is CC(C)(C)OC(=O)N1CC2CCC1CN(CC(=O)Nc1cc(Br)ccn1)C2. The van der Waals surface area contributed by atoms with Crippen LogP contribution >= 0.6 is 15.9 Å². The summed E-state index contributed by atoms with van der Waals surface area (Å²) in [6.07, 6.45) is 3.43. The normalized spacial score (nSPS) is 23.0. The Morgan fingerprint density at radius 1 is 1.30 bits per heavy atom. The van der Waals surface area contributed by atoms with Crippen molar-refractivity contribution < 1.29 is 14.3 Å². The number of hydrogen-bond donors (Lipinski definition) is 1. The van der Waals surface area contributed by atoms with Crippen LogP contribution in [0.3, 0.4) is 0 Å². The lowest BCUT2D eigenvalue weighted by Gasteiger charge is -2.37. The average Bonchev–Trinajstić information content (AvgIpc) is 2.83. The van der Waals surface area contributed by atoms with Gasteiger partial charge in [0.15, 0.2) is 0 Å². The summed E-state index contributed by atoms with van der Waals surface area (Å²) in [4.78, 5) is 33.1. The summed E-state index contributed by atoms with van der Waals surface area (Å²) < 4.78 is 6.44. The zero-order valence-corrected chi connectivity index (χ0v) is 17.7. The fourth-order valence-electron chi connectivity index (χ4n) is 3.71. The van der Waals surface area contributed by atoms with Crippen LogP contribution in [-0.4, -0.2) is 64.6 Å². The molecular formula is C19H27BrN4O3. The van der Waals surface area contributed by atoms with Gasteiger partial charge in [0.25, 0.3) is 0 Å². The number of amides is 2. The summed E-state index contributed by atoms with van der Waals surface area (Å²) in [6, 6.07) is 3.68. The molecule has 4 rings (SSSR count). The second-order valence-corrected chi connectivity index (χ2v) is 9.25. The monoisotopic (exact) mass is 438 g/mol. The molecule has 0 spiro atoms. The molecule has 0 saturated carbocycles. The van der Waals surface area contributed by atoms with E-state index in [2.05, 4.69) is 31.1 Å². The number of halogens is 1. The Bertz CT molecular complexity index is 706. The molecule has 0 aliphatic carbocycles. The van der Waals surface area contributed by atoms with Crippen molar-refractivity contribution in [3.63, 3.8) is 0 Å². The highest BCUT2D eigenvalue weighted by molar-refractivity contribution is 9.10. The number of nitrogens with zero attached hydrogens (tertiary/aromatic N) is 3. The summed E-state index contributed by atoms with van der Waals surface area (Å²) in [5.41, 5.74) is -0.501. The van der Waals surface area contributed by atoms with E-state index in [-0.39, 0.29) is 18.0 Å². The standard InChI is InChI=1S/C19H27BrN4O3/c1-19(2,3)27-18(26)24-10-13-4-5-15(24)11-23(9-13)12-17(25)22-16-8-14(20)6-7-21-16/h6-8,13,15H,4-5,9-12H2,1-3H3,(H,21,22,25). The molecule has 3 fully saturated rings. The third-order valence-electron chi connectivity index (χ3n) is 4.77. The van der Waals surface area contributed by atoms with Crippen LogP contribution in [0.15, 0.2) is 22.8 Å². The van der Waals surface area contributed by atoms with Gasteiger partial charge in [-0.05, 0) is 51.7 Å². The summed E-state index contributed by atoms with van der Waals surface area (Å²) >= 11 is 3.37. The number of nitrogens with one attached hydrogen (secondary N) is 1. The lowest BCUT2D eigenvalue weighted by atomic mass is 9.95. The van der Waals surface area contributed by atoms with Crippen LogP contribution in [0.25, 0.3) is 0 Å². The number of anilines is 1. The number of ether oxygens (including phenoxy) is 1. The highest BCUT2D eigenvalue weighted by Crippen LogP contribution is 2.29. The van der Waals surface area contributed by atoms with E-state index in [1.54, 1.807) is 12.3 Å². The molecule has 7 nitrogen and oxygen atoms in total. The van der Waals surface area contributed by atoms with Crippen molar-refractivity contribution in [2.24, 2.45) is 5.92 Å². The van der Waals surface area contributed by atoms with Crippen LogP contribution in [0.5, 0.6) is 0 Å². The third-order valence-corrected chi connectivity index (χ3v) is 5.27. The highest BCUT2D eigenvalue weighted by Gasteiger charge is 2.39. The predicted octanol–water partition coefficient (Wildman–Crippen LogP) is 3.11. The number of pyridine rings is 1. The molecule has 27 heavy (non-hydrogen) atoms. The van der Waals surface area contributed by atoms with Crippen molar-refractivity contribution in [1.82, 2.24) is 14.8 Å². The molecule has 148 valence electrons. The Hall–Kier alpha value is -1.67. The fourth-order valence-corrected chi connectivity index (χ4v) is 4.05. The number of rotatable bonds is 3. The van der Waals surface area contributed by atoms with Gasteiger partial charge in [-0.25, -0.2) is 9.78 Å². The molecular weight excluding hydrogens is 412 g/mol. The molecule has 1 N–H and O–H groups in total. The average molecular weight is 439 g/mol. The van der Waals surface area contributed by atoms with Gasteiger partial charge in [-0.3, -0.25) is 9.69 Å². The first kappa shape index (κ1) is 20.1. The topological polar surface area (TPSA) is 74.8 Å². The zero-order valence-electron chi connectivity index (χ0n) is 16.1. The smallest absolute Gasteiger partial charge is 0.410 e. The minimum Gasteiger partial charge on any atom is -0.444 e. The molecule has 2 amide bonds. The zero-order chi connectivity index (χ0) is 19.6. The molecule has 3 aliphatic heterocycles. The van der Waals surface area contributed by atoms with Crippen LogP contribution in [-0.2, 0) is 9.53 Å². The lowest BCUT2D eigenvalue weighted by molar-refractivity contribution is -0.117. The number of fused-ring (bicyclic) bond motifs is 4. The van der Waals surface area contributed by atoms with Crippen molar-refractivity contribution in [2.45, 2.75) is 45.3 Å². The Balaban J connectivity index is 1.59. The lowest BCUT2D eigenvalue weighted by Crippen LogP contribution is -2.49. The number of hydrogen-bond acceptors (Lipinski definition) is 5. The molecule has 3 aliphatic rings. The first-order chi connectivity index (χ1) is 12.7. The Morgan fingerprint density at radius 2 is 2.07 bits per heavy atom. The van der Waals surface area contributed by atoms with Crippen LogP contribution in [0, 0.1) is 5.92 Å². The summed E-state index contributed by atoms with van der Waals surface area (Å²) in [6.45, 7) is 8.15. The maximum atomic E-state index is 12.6. The number of carbonyl (C=O) groups is 2. The van der Waals surface area contributed by atoms with Gasteiger partial charge in [0, 0.05) is 36.3 Å². The molecule has 2 bridgehead atoms. The summed E-state index contributed by atoms with van der Waals surface area (Å²) in [5.74, 6) is 0.807. The summed E-state index contributed by atoms with van der Waals surface area (Å²) in [7, 11) is 0. The van der Waals surface area contributed by atoms with Crippen molar-refractivity contribution in [1.29, 1.82) is 0 Å². The van der Waals surface area contributed by atoms with E-state index in [4.69, 9.17) is 4.74 Å². The molecule has 8 heteroatoms. The van der Waals surface area contributed by atoms with Gasteiger partial charge in [0.2, 0.25) is 5.91 Å². The summed E-state index contributed by atoms with van der Waals surface area (Å²) in [5, 5.41) is 2.84. The minimum absolute atomic E-state index is 0.0919. The maximum Gasteiger partial charge on any atom is 0.410 e. The maximum absolute atomic E-state index is 12.6. The molecule has 2 atom stereocenters. The molecule has 1 aromatic heterocycles. The Labute approximate surface area is 168 Å². The molecule has 2 unspecified atom stereocenters. The van der Waals surface area contributed by atoms with Gasteiger partial charge in [0.1, 0.15) is 11.4 Å². The van der Waals surface area contributed by atoms with E-state index in [9.17, 15) is 9.59 Å². The highest BCUT2D eigenvalue weighted by atomic mass is 79.9. The van der Waals surface area contributed by atoms with Crippen molar-refractivity contribution in [3.8, 4) is 0 Å². The van der Waals surface area contributed by atoms with Gasteiger partial charge >= 0.3 is 6.09 Å². The van der Waals surface area contributed by atoms with Gasteiger partial charge < -0.3 is 15.0 Å². The first-order valence-electron chi connectivity index (χ1n) is 9.33. The predicted molar refractivity (Wildman–Crippen MR) is 106 cm³/mol. The molecule has 3 saturated heterocycles. The molecule has 4 heterocycles. The van der Waals surface area contributed by atoms with Crippen LogP contribution < -0.4 is 5.32 Å². The number of aromatic nitrogens is 1. The second-order valence-electron chi connectivity index (χ2n) is 8.33. The quantitative estimate of drug-likeness (QED) is 0.784. The van der Waals surface area contributed by atoms with E-state index >= 15 is 0 Å². The fraction of sp³-hybridized carbons (Fsp3) is 0.632. The Morgan fingerprint density at radius 3 is 2.78 bits per heavy atom. The van der Waals surface area contributed by atoms with Crippen molar-refractivity contribution in [3.05, 3.63) is 22.8 Å². The van der Waals surface area contributed by atoms with Crippen molar-refractivity contribution >= 4 is 33.7 Å². The first-order valence-corrected chi connectivity index (χ1v) is 10.1. The van der Waals surface area contributed by atoms with Crippen LogP contribution in [0.4, 0.5) is 10.6 Å². The molecule has 0 aromatic carbocycles. The van der Waals surface area contributed by atoms with Gasteiger partial charge in [-0.2, -0.15) is 0 Å². The van der Waals surface area contributed by atoms with Crippen LogP contribution in [0.2, 0.25) is 0 Å². The van der Waals surface area contributed by atoms with Crippen LogP contribution in [0.1, 0.15) is 33.6 Å². The van der Waals surface area contributed by atoms with Gasteiger partial charge in [-0.1, -0.05) is 15.9 Å². The minimum atomic E-state index is -0.501. The van der Waals surface area contributed by atoms with Crippen molar-refractivity contribution in [2.75, 3.05) is 31.5 Å². The Kier molecular flexibility index (Phi) is 6.05. The van der Waals surface area contributed by atoms with E-state index in [0.717, 1.165) is 23.9 Å². The van der Waals surface area contributed by atoms with Gasteiger partial charge in [-0.15, -0.1) is 0 Å². The van der Waals surface area contributed by atoms with E-state index < -0.39 is 5.60 Å². The number of piperidine rings is 1. The second kappa shape index (κ2) is 8.14.